The Morgan fingerprint density at radius 2 is 2.05 bits per heavy atom. The van der Waals surface area contributed by atoms with Crippen LogP contribution in [-0.2, 0) is 14.8 Å². The van der Waals surface area contributed by atoms with Gasteiger partial charge in [-0.2, -0.15) is 0 Å². The maximum Gasteiger partial charge on any atom is 0.319 e. The summed E-state index contributed by atoms with van der Waals surface area (Å²) in [6.45, 7) is 2.62. The van der Waals surface area contributed by atoms with Crippen LogP contribution in [0.1, 0.15) is 19.8 Å². The maximum absolute atomic E-state index is 11.8. The number of hydrogen-bond acceptors (Lipinski definition) is 4. The van der Waals surface area contributed by atoms with Crippen molar-refractivity contribution in [2.75, 3.05) is 11.9 Å². The van der Waals surface area contributed by atoms with E-state index in [0.717, 1.165) is 19.4 Å². The summed E-state index contributed by atoms with van der Waals surface area (Å²) in [6, 6.07) is 5.20. The molecule has 1 aromatic rings. The SMILES string of the molecule is C[C@@H](NC(=O)Nc1ccc(S(N)(=O)=O)cc1)[C@H]1CCCO1. The van der Waals surface area contributed by atoms with E-state index in [1.54, 1.807) is 0 Å². The van der Waals surface area contributed by atoms with Crippen LogP contribution in [0.5, 0.6) is 0 Å². The number of benzene rings is 1. The van der Waals surface area contributed by atoms with Crippen molar-refractivity contribution in [1.29, 1.82) is 0 Å². The number of urea groups is 1. The molecular formula is C13H19N3O4S. The van der Waals surface area contributed by atoms with Crippen molar-refractivity contribution in [2.45, 2.75) is 36.8 Å². The molecule has 0 spiro atoms. The molecule has 0 aromatic heterocycles. The number of primary sulfonamides is 1. The van der Waals surface area contributed by atoms with E-state index in [2.05, 4.69) is 10.6 Å². The van der Waals surface area contributed by atoms with Gasteiger partial charge in [0.1, 0.15) is 0 Å². The fourth-order valence-electron chi connectivity index (χ4n) is 2.19. The zero-order chi connectivity index (χ0) is 15.5. The number of carbonyl (C=O) groups excluding carboxylic acids is 1. The normalized spacial score (nSPS) is 20.0. The van der Waals surface area contributed by atoms with Crippen LogP contribution in [0.4, 0.5) is 10.5 Å². The largest absolute Gasteiger partial charge is 0.376 e. The maximum atomic E-state index is 11.8. The van der Waals surface area contributed by atoms with Crippen molar-refractivity contribution in [1.82, 2.24) is 5.32 Å². The van der Waals surface area contributed by atoms with Gasteiger partial charge in [-0.05, 0) is 44.0 Å². The number of sulfonamides is 1. The van der Waals surface area contributed by atoms with E-state index in [1.807, 2.05) is 6.92 Å². The van der Waals surface area contributed by atoms with E-state index in [4.69, 9.17) is 9.88 Å². The number of nitrogens with one attached hydrogen (secondary N) is 2. The molecular weight excluding hydrogens is 294 g/mol. The standard InChI is InChI=1S/C13H19N3O4S/c1-9(12-3-2-8-20-12)15-13(17)16-10-4-6-11(7-5-10)21(14,18)19/h4-7,9,12H,2-3,8H2,1H3,(H2,14,18,19)(H2,15,16,17)/t9-,12-/m1/s1. The summed E-state index contributed by atoms with van der Waals surface area (Å²) in [4.78, 5) is 11.8. The molecule has 4 N–H and O–H groups in total. The average Bonchev–Trinajstić information content (AvgIpc) is 2.92. The summed E-state index contributed by atoms with van der Waals surface area (Å²) in [5.41, 5.74) is 0.486. The van der Waals surface area contributed by atoms with Gasteiger partial charge in [-0.1, -0.05) is 0 Å². The molecule has 0 radical (unpaired) electrons. The van der Waals surface area contributed by atoms with Crippen molar-refractivity contribution in [3.05, 3.63) is 24.3 Å². The lowest BCUT2D eigenvalue weighted by Gasteiger charge is -2.20. The molecule has 8 heteroatoms. The zero-order valence-electron chi connectivity index (χ0n) is 11.7. The Labute approximate surface area is 123 Å². The third-order valence-electron chi connectivity index (χ3n) is 3.32. The first-order valence-electron chi connectivity index (χ1n) is 6.68. The second kappa shape index (κ2) is 6.42. The van der Waals surface area contributed by atoms with Gasteiger partial charge < -0.3 is 15.4 Å². The summed E-state index contributed by atoms with van der Waals surface area (Å²) in [5.74, 6) is 0. The molecule has 116 valence electrons. The Bertz CT molecular complexity index is 594. The van der Waals surface area contributed by atoms with E-state index in [1.165, 1.54) is 24.3 Å². The second-order valence-electron chi connectivity index (χ2n) is 5.01. The minimum absolute atomic E-state index is 0.00109. The topological polar surface area (TPSA) is 111 Å². The molecule has 2 amide bonds. The van der Waals surface area contributed by atoms with Gasteiger partial charge in [0.15, 0.2) is 0 Å². The minimum atomic E-state index is -3.72. The van der Waals surface area contributed by atoms with Gasteiger partial charge in [0.25, 0.3) is 0 Å². The molecule has 0 bridgehead atoms. The van der Waals surface area contributed by atoms with Gasteiger partial charge in [-0.3, -0.25) is 0 Å². The van der Waals surface area contributed by atoms with E-state index >= 15 is 0 Å². The van der Waals surface area contributed by atoms with Crippen LogP contribution >= 0.6 is 0 Å². The van der Waals surface area contributed by atoms with Crippen molar-refractivity contribution in [3.8, 4) is 0 Å². The summed E-state index contributed by atoms with van der Waals surface area (Å²) < 4.78 is 27.7. The van der Waals surface area contributed by atoms with Crippen LogP contribution in [0.2, 0.25) is 0 Å². The van der Waals surface area contributed by atoms with Gasteiger partial charge in [-0.25, -0.2) is 18.4 Å². The summed E-state index contributed by atoms with van der Waals surface area (Å²) in [6.07, 6.45) is 1.98. The number of ether oxygens (including phenoxy) is 1. The Morgan fingerprint density at radius 1 is 1.38 bits per heavy atom. The van der Waals surface area contributed by atoms with E-state index in [0.29, 0.717) is 5.69 Å². The Kier molecular flexibility index (Phi) is 4.81. The molecule has 2 atom stereocenters. The predicted octanol–water partition coefficient (Wildman–Crippen LogP) is 1.02. The third-order valence-corrected chi connectivity index (χ3v) is 4.25. The lowest BCUT2D eigenvalue weighted by Crippen LogP contribution is -2.42. The van der Waals surface area contributed by atoms with Crippen molar-refractivity contribution < 1.29 is 17.9 Å². The fraction of sp³-hybridized carbons (Fsp3) is 0.462. The first-order valence-corrected chi connectivity index (χ1v) is 8.23. The van der Waals surface area contributed by atoms with Crippen LogP contribution in [0.15, 0.2) is 29.2 Å². The molecule has 1 saturated heterocycles. The lowest BCUT2D eigenvalue weighted by molar-refractivity contribution is 0.0868. The number of anilines is 1. The highest BCUT2D eigenvalue weighted by atomic mass is 32.2. The fourth-order valence-corrected chi connectivity index (χ4v) is 2.71. The van der Waals surface area contributed by atoms with Crippen LogP contribution in [0.25, 0.3) is 0 Å². The predicted molar refractivity (Wildman–Crippen MR) is 78.4 cm³/mol. The lowest BCUT2D eigenvalue weighted by atomic mass is 10.1. The van der Waals surface area contributed by atoms with Gasteiger partial charge >= 0.3 is 6.03 Å². The molecule has 1 aliphatic heterocycles. The average molecular weight is 313 g/mol. The third kappa shape index (κ3) is 4.42. The van der Waals surface area contributed by atoms with Crippen molar-refractivity contribution in [3.63, 3.8) is 0 Å². The molecule has 7 nitrogen and oxygen atoms in total. The van der Waals surface area contributed by atoms with E-state index in [9.17, 15) is 13.2 Å². The molecule has 1 aromatic carbocycles. The molecule has 1 fully saturated rings. The number of carbonyl (C=O) groups is 1. The van der Waals surface area contributed by atoms with Crippen molar-refractivity contribution >= 4 is 21.7 Å². The molecule has 0 unspecified atom stereocenters. The number of nitrogens with two attached hydrogens (primary N) is 1. The van der Waals surface area contributed by atoms with E-state index in [-0.39, 0.29) is 23.1 Å². The van der Waals surface area contributed by atoms with Gasteiger partial charge in [0.2, 0.25) is 10.0 Å². The monoisotopic (exact) mass is 313 g/mol. The van der Waals surface area contributed by atoms with Gasteiger partial charge in [0, 0.05) is 12.3 Å². The zero-order valence-corrected chi connectivity index (χ0v) is 12.5. The smallest absolute Gasteiger partial charge is 0.319 e. The van der Waals surface area contributed by atoms with Gasteiger partial charge in [-0.15, -0.1) is 0 Å². The number of hydrogen-bond donors (Lipinski definition) is 3. The first kappa shape index (κ1) is 15.7. The number of rotatable bonds is 4. The van der Waals surface area contributed by atoms with Gasteiger partial charge in [0.05, 0.1) is 17.0 Å². The molecule has 1 heterocycles. The molecule has 2 rings (SSSR count). The van der Waals surface area contributed by atoms with E-state index < -0.39 is 10.0 Å². The Hall–Kier alpha value is -1.64. The summed E-state index contributed by atoms with van der Waals surface area (Å²) in [7, 11) is -3.72. The highest BCUT2D eigenvalue weighted by molar-refractivity contribution is 7.89. The second-order valence-corrected chi connectivity index (χ2v) is 6.57. The highest BCUT2D eigenvalue weighted by Crippen LogP contribution is 2.16. The highest BCUT2D eigenvalue weighted by Gasteiger charge is 2.23. The van der Waals surface area contributed by atoms with Crippen LogP contribution in [-0.4, -0.2) is 33.2 Å². The van der Waals surface area contributed by atoms with Crippen molar-refractivity contribution in [2.24, 2.45) is 5.14 Å². The number of amides is 2. The van der Waals surface area contributed by atoms with Crippen LogP contribution < -0.4 is 15.8 Å². The Balaban J connectivity index is 1.90. The summed E-state index contributed by atoms with van der Waals surface area (Å²) >= 11 is 0. The summed E-state index contributed by atoms with van der Waals surface area (Å²) in [5, 5.41) is 10.4. The molecule has 0 saturated carbocycles. The van der Waals surface area contributed by atoms with Crippen LogP contribution in [0, 0.1) is 0 Å². The minimum Gasteiger partial charge on any atom is -0.376 e. The quantitative estimate of drug-likeness (QED) is 0.770. The molecule has 0 aliphatic carbocycles. The van der Waals surface area contributed by atoms with Crippen LogP contribution in [0.3, 0.4) is 0 Å². The molecule has 1 aliphatic rings. The first-order chi connectivity index (χ1) is 9.86. The Morgan fingerprint density at radius 3 is 2.57 bits per heavy atom. The molecule has 21 heavy (non-hydrogen) atoms.